The van der Waals surface area contributed by atoms with Crippen molar-refractivity contribution in [3.05, 3.63) is 51.5 Å². The van der Waals surface area contributed by atoms with Gasteiger partial charge < -0.3 is 15.4 Å². The average molecular weight is 463 g/mol. The van der Waals surface area contributed by atoms with E-state index in [9.17, 15) is 4.39 Å². The van der Waals surface area contributed by atoms with Crippen LogP contribution in [0, 0.1) is 12.7 Å². The van der Waals surface area contributed by atoms with E-state index in [1.54, 1.807) is 24.5 Å². The first-order chi connectivity index (χ1) is 11.1. The molecule has 0 unspecified atom stereocenters. The van der Waals surface area contributed by atoms with Gasteiger partial charge in [0.15, 0.2) is 17.5 Å². The zero-order valence-electron chi connectivity index (χ0n) is 14.1. The number of nitrogens with zero attached hydrogens (tertiary/aromatic N) is 1. The number of benzene rings is 1. The van der Waals surface area contributed by atoms with Crippen molar-refractivity contribution in [3.8, 4) is 5.75 Å². The third-order valence-corrected chi connectivity index (χ3v) is 4.39. The molecule has 2 aromatic rings. The predicted octanol–water partition coefficient (Wildman–Crippen LogP) is 4.08. The molecule has 0 aliphatic heterocycles. The fraction of sp³-hybridized carbons (Fsp3) is 0.353. The van der Waals surface area contributed by atoms with Crippen LogP contribution in [0.2, 0.25) is 0 Å². The van der Waals surface area contributed by atoms with Crippen LogP contribution in [0.5, 0.6) is 5.75 Å². The average Bonchev–Trinajstić information content (AvgIpc) is 2.95. The fourth-order valence-electron chi connectivity index (χ4n) is 2.08. The molecule has 24 heavy (non-hydrogen) atoms. The van der Waals surface area contributed by atoms with Gasteiger partial charge >= 0.3 is 0 Å². The molecule has 1 aromatic carbocycles. The molecule has 0 amide bonds. The minimum absolute atomic E-state index is 0. The van der Waals surface area contributed by atoms with Gasteiger partial charge in [-0.05, 0) is 48.6 Å². The van der Waals surface area contributed by atoms with Crippen LogP contribution in [0.25, 0.3) is 0 Å². The summed E-state index contributed by atoms with van der Waals surface area (Å²) in [6, 6.07) is 7.08. The number of guanidine groups is 1. The maximum atomic E-state index is 13.8. The van der Waals surface area contributed by atoms with Crippen LogP contribution in [0.3, 0.4) is 0 Å². The lowest BCUT2D eigenvalue weighted by molar-refractivity contribution is 0.321. The van der Waals surface area contributed by atoms with Gasteiger partial charge in [-0.15, -0.1) is 35.3 Å². The van der Waals surface area contributed by atoms with Gasteiger partial charge in [0.25, 0.3) is 0 Å². The molecular weight excluding hydrogens is 440 g/mol. The minimum Gasteiger partial charge on any atom is -0.491 e. The number of rotatable bonds is 6. The SMILES string of the molecule is CCOc1ccc(CNC(=NC)NCc2sccc2C)cc1F.I. The van der Waals surface area contributed by atoms with Crippen molar-refractivity contribution in [3.63, 3.8) is 0 Å². The van der Waals surface area contributed by atoms with Gasteiger partial charge in [-0.2, -0.15) is 0 Å². The largest absolute Gasteiger partial charge is 0.491 e. The predicted molar refractivity (Wildman–Crippen MR) is 109 cm³/mol. The van der Waals surface area contributed by atoms with E-state index in [1.807, 2.05) is 13.0 Å². The second kappa shape index (κ2) is 10.5. The summed E-state index contributed by atoms with van der Waals surface area (Å²) >= 11 is 1.72. The normalized spacial score (nSPS) is 10.9. The molecule has 7 heteroatoms. The zero-order chi connectivity index (χ0) is 16.7. The van der Waals surface area contributed by atoms with Crippen molar-refractivity contribution < 1.29 is 9.13 Å². The monoisotopic (exact) mass is 463 g/mol. The van der Waals surface area contributed by atoms with Gasteiger partial charge in [0.05, 0.1) is 13.2 Å². The number of aryl methyl sites for hydroxylation is 1. The molecule has 0 aliphatic rings. The lowest BCUT2D eigenvalue weighted by atomic mass is 10.2. The molecule has 0 saturated heterocycles. The third kappa shape index (κ3) is 5.94. The van der Waals surface area contributed by atoms with E-state index in [0.29, 0.717) is 19.1 Å². The van der Waals surface area contributed by atoms with Crippen molar-refractivity contribution in [2.24, 2.45) is 4.99 Å². The molecule has 132 valence electrons. The van der Waals surface area contributed by atoms with Crippen LogP contribution < -0.4 is 15.4 Å². The topological polar surface area (TPSA) is 45.6 Å². The Morgan fingerprint density at radius 1 is 1.25 bits per heavy atom. The zero-order valence-corrected chi connectivity index (χ0v) is 17.2. The Labute approximate surface area is 163 Å². The number of halogens is 2. The first-order valence-corrected chi connectivity index (χ1v) is 8.40. The maximum absolute atomic E-state index is 13.8. The van der Waals surface area contributed by atoms with E-state index in [1.165, 1.54) is 16.5 Å². The molecule has 0 radical (unpaired) electrons. The Balaban J connectivity index is 0.00000288. The summed E-state index contributed by atoms with van der Waals surface area (Å²) in [6.07, 6.45) is 0. The van der Waals surface area contributed by atoms with Gasteiger partial charge in [0, 0.05) is 18.5 Å². The fourth-order valence-corrected chi connectivity index (χ4v) is 2.93. The third-order valence-electron chi connectivity index (χ3n) is 3.36. The van der Waals surface area contributed by atoms with Gasteiger partial charge in [-0.25, -0.2) is 4.39 Å². The van der Waals surface area contributed by atoms with Crippen LogP contribution in [-0.4, -0.2) is 19.6 Å². The van der Waals surface area contributed by atoms with E-state index in [2.05, 4.69) is 34.0 Å². The van der Waals surface area contributed by atoms with Crippen molar-refractivity contribution in [1.82, 2.24) is 10.6 Å². The van der Waals surface area contributed by atoms with E-state index in [0.717, 1.165) is 12.1 Å². The summed E-state index contributed by atoms with van der Waals surface area (Å²) in [7, 11) is 1.72. The molecule has 4 nitrogen and oxygen atoms in total. The van der Waals surface area contributed by atoms with Crippen molar-refractivity contribution >= 4 is 41.3 Å². The summed E-state index contributed by atoms with van der Waals surface area (Å²) in [5.41, 5.74) is 2.10. The van der Waals surface area contributed by atoms with Crippen LogP contribution in [0.1, 0.15) is 22.9 Å². The summed E-state index contributed by atoms with van der Waals surface area (Å²) in [6.45, 7) is 5.59. The highest BCUT2D eigenvalue weighted by atomic mass is 127. The summed E-state index contributed by atoms with van der Waals surface area (Å²) in [4.78, 5) is 5.46. The van der Waals surface area contributed by atoms with E-state index < -0.39 is 0 Å². The second-order valence-corrected chi connectivity index (χ2v) is 6.00. The Morgan fingerprint density at radius 2 is 2.00 bits per heavy atom. The number of aliphatic imine (C=N–C) groups is 1. The Kier molecular flexibility index (Phi) is 9.05. The quantitative estimate of drug-likeness (QED) is 0.386. The number of ether oxygens (including phenoxy) is 1. The van der Waals surface area contributed by atoms with Gasteiger partial charge in [0.1, 0.15) is 0 Å². The highest BCUT2D eigenvalue weighted by molar-refractivity contribution is 14.0. The highest BCUT2D eigenvalue weighted by Crippen LogP contribution is 2.18. The van der Waals surface area contributed by atoms with Crippen LogP contribution >= 0.6 is 35.3 Å². The molecule has 2 N–H and O–H groups in total. The molecule has 0 aliphatic carbocycles. The molecule has 0 spiro atoms. The van der Waals surface area contributed by atoms with Crippen molar-refractivity contribution in [2.45, 2.75) is 26.9 Å². The Hall–Kier alpha value is -1.35. The number of nitrogens with one attached hydrogen (secondary N) is 2. The van der Waals surface area contributed by atoms with Gasteiger partial charge in [-0.3, -0.25) is 4.99 Å². The minimum atomic E-state index is -0.344. The molecule has 0 bridgehead atoms. The molecule has 1 heterocycles. The Bertz CT molecular complexity index is 676. The van der Waals surface area contributed by atoms with Crippen LogP contribution in [-0.2, 0) is 13.1 Å². The highest BCUT2D eigenvalue weighted by Gasteiger charge is 2.06. The van der Waals surface area contributed by atoms with Crippen molar-refractivity contribution in [1.29, 1.82) is 0 Å². The lowest BCUT2D eigenvalue weighted by Gasteiger charge is -2.12. The summed E-state index contributed by atoms with van der Waals surface area (Å²) in [5, 5.41) is 8.52. The molecule has 2 rings (SSSR count). The summed E-state index contributed by atoms with van der Waals surface area (Å²) < 4.78 is 19.0. The van der Waals surface area contributed by atoms with Crippen LogP contribution in [0.15, 0.2) is 34.6 Å². The maximum Gasteiger partial charge on any atom is 0.191 e. The van der Waals surface area contributed by atoms with Crippen LogP contribution in [0.4, 0.5) is 4.39 Å². The molecule has 0 saturated carbocycles. The molecule has 0 atom stereocenters. The Morgan fingerprint density at radius 3 is 2.58 bits per heavy atom. The second-order valence-electron chi connectivity index (χ2n) is 5.00. The van der Waals surface area contributed by atoms with Gasteiger partial charge in [0.2, 0.25) is 0 Å². The standard InChI is InChI=1S/C17H22FN3OS.HI/c1-4-22-15-6-5-13(9-14(15)18)10-20-17(19-3)21-11-16-12(2)7-8-23-16;/h5-9H,4,10-11H2,1-3H3,(H2,19,20,21);1H. The van der Waals surface area contributed by atoms with Gasteiger partial charge in [-0.1, -0.05) is 6.07 Å². The number of thiophene rings is 1. The molecule has 1 aromatic heterocycles. The first-order valence-electron chi connectivity index (χ1n) is 7.52. The lowest BCUT2D eigenvalue weighted by Crippen LogP contribution is -2.36. The number of hydrogen-bond acceptors (Lipinski definition) is 3. The van der Waals surface area contributed by atoms with Crippen molar-refractivity contribution in [2.75, 3.05) is 13.7 Å². The smallest absolute Gasteiger partial charge is 0.191 e. The van der Waals surface area contributed by atoms with E-state index >= 15 is 0 Å². The molecule has 0 fully saturated rings. The summed E-state index contributed by atoms with van der Waals surface area (Å²) in [5.74, 6) is 0.627. The molecular formula is C17H23FIN3OS. The van der Waals surface area contributed by atoms with E-state index in [-0.39, 0.29) is 35.5 Å². The van der Waals surface area contributed by atoms with E-state index in [4.69, 9.17) is 4.74 Å². The first kappa shape index (κ1) is 20.7. The number of hydrogen-bond donors (Lipinski definition) is 2.